The fourth-order valence-corrected chi connectivity index (χ4v) is 8.72. The molecule has 2 aliphatic carbocycles. The Morgan fingerprint density at radius 3 is 2.12 bits per heavy atom. The van der Waals surface area contributed by atoms with Gasteiger partial charge in [0.1, 0.15) is 10.3 Å². The van der Waals surface area contributed by atoms with Gasteiger partial charge in [-0.3, -0.25) is 4.79 Å². The lowest BCUT2D eigenvalue weighted by Gasteiger charge is -2.43. The molecule has 2 aromatic carbocycles. The van der Waals surface area contributed by atoms with Crippen molar-refractivity contribution < 1.29 is 49.1 Å². The van der Waals surface area contributed by atoms with E-state index in [0.717, 1.165) is 6.07 Å². The molecule has 4 N–H and O–H groups in total. The minimum Gasteiger partial charge on any atom is -0.399 e. The summed E-state index contributed by atoms with van der Waals surface area (Å²) >= 11 is 0. The molecule has 0 saturated heterocycles. The van der Waals surface area contributed by atoms with E-state index in [-0.39, 0.29) is 53.9 Å². The summed E-state index contributed by atoms with van der Waals surface area (Å²) < 4.78 is 123. The third-order valence-corrected chi connectivity index (χ3v) is 10.8. The van der Waals surface area contributed by atoms with E-state index in [1.165, 1.54) is 38.1 Å². The Kier molecular flexibility index (Phi) is 7.47. The highest BCUT2D eigenvalue weighted by Gasteiger charge is 2.73. The molecule has 0 aromatic heterocycles. The number of rotatable bonds is 6. The Morgan fingerprint density at radius 1 is 1.00 bits per heavy atom. The largest absolute Gasteiger partial charge is 0.435 e. The number of hydrogen-bond acceptors (Lipinski definition) is 5. The van der Waals surface area contributed by atoms with Gasteiger partial charge in [0.15, 0.2) is 9.84 Å². The van der Waals surface area contributed by atoms with Crippen LogP contribution in [0.15, 0.2) is 47.4 Å². The number of anilines is 1. The molecule has 226 valence electrons. The summed E-state index contributed by atoms with van der Waals surface area (Å²) in [7, 11) is -4.35. The van der Waals surface area contributed by atoms with Crippen LogP contribution in [0.4, 0.5) is 36.4 Å². The van der Waals surface area contributed by atoms with E-state index in [2.05, 4.69) is 5.32 Å². The van der Waals surface area contributed by atoms with Gasteiger partial charge in [0.2, 0.25) is 0 Å². The summed E-state index contributed by atoms with van der Waals surface area (Å²) in [6, 6.07) is 6.92. The van der Waals surface area contributed by atoms with Crippen LogP contribution >= 0.6 is 0 Å². The SMILES string of the molecule is CC(C)(O)C(=O)NC[C@@H]1CC[C@@]2(S(=O)(=O)c3ccc(N)cc3)c3ccc(C(F)(C(F)(F)F)C(F)(F)F)cc3CC[C@@H]12. The minimum absolute atomic E-state index is 0.00246. The zero-order chi connectivity index (χ0) is 30.8. The molecule has 0 aliphatic heterocycles. The number of carbonyl (C=O) groups excluding carboxylic acids is 1. The van der Waals surface area contributed by atoms with E-state index in [1.807, 2.05) is 0 Å². The molecule has 41 heavy (non-hydrogen) atoms. The summed E-state index contributed by atoms with van der Waals surface area (Å²) in [6.45, 7) is 2.53. The number of amides is 1. The van der Waals surface area contributed by atoms with Crippen molar-refractivity contribution >= 4 is 21.4 Å². The molecule has 4 rings (SSSR count). The maximum absolute atomic E-state index is 14.9. The fourth-order valence-electron chi connectivity index (χ4n) is 6.22. The van der Waals surface area contributed by atoms with E-state index >= 15 is 0 Å². The third-order valence-electron chi connectivity index (χ3n) is 8.27. The summed E-state index contributed by atoms with van der Waals surface area (Å²) in [6.07, 6.45) is -12.5. The molecule has 0 spiro atoms. The number of aryl methyl sites for hydroxylation is 1. The molecule has 2 aliphatic rings. The van der Waals surface area contributed by atoms with Crippen LogP contribution in [0.3, 0.4) is 0 Å². The van der Waals surface area contributed by atoms with E-state index in [4.69, 9.17) is 5.73 Å². The number of sulfone groups is 1. The van der Waals surface area contributed by atoms with Crippen LogP contribution < -0.4 is 11.1 Å². The predicted molar refractivity (Wildman–Crippen MR) is 135 cm³/mol. The van der Waals surface area contributed by atoms with Gasteiger partial charge in [-0.05, 0) is 86.8 Å². The molecule has 6 nitrogen and oxygen atoms in total. The maximum atomic E-state index is 14.9. The molecule has 0 heterocycles. The number of hydrogen-bond donors (Lipinski definition) is 3. The molecule has 3 atom stereocenters. The Morgan fingerprint density at radius 2 is 1.59 bits per heavy atom. The Labute approximate surface area is 232 Å². The number of alkyl halides is 7. The highest BCUT2D eigenvalue weighted by molar-refractivity contribution is 7.92. The van der Waals surface area contributed by atoms with Crippen molar-refractivity contribution in [2.24, 2.45) is 11.8 Å². The van der Waals surface area contributed by atoms with Gasteiger partial charge in [0.05, 0.1) is 4.90 Å². The fraction of sp³-hybridized carbons (Fsp3) is 0.519. The van der Waals surface area contributed by atoms with Crippen LogP contribution in [-0.2, 0) is 31.5 Å². The molecule has 1 amide bonds. The summed E-state index contributed by atoms with van der Waals surface area (Å²) in [5, 5.41) is 12.6. The number of carbonyl (C=O) groups is 1. The van der Waals surface area contributed by atoms with Crippen molar-refractivity contribution in [3.63, 3.8) is 0 Å². The number of nitrogens with one attached hydrogen (secondary N) is 1. The second-order valence-corrected chi connectivity index (χ2v) is 13.4. The van der Waals surface area contributed by atoms with Crippen LogP contribution in [0, 0.1) is 11.8 Å². The van der Waals surface area contributed by atoms with Gasteiger partial charge in [-0.2, -0.15) is 26.3 Å². The normalized spacial score (nSPS) is 23.6. The first kappa shape index (κ1) is 31.1. The second kappa shape index (κ2) is 9.85. The van der Waals surface area contributed by atoms with Gasteiger partial charge in [0, 0.05) is 17.8 Å². The summed E-state index contributed by atoms with van der Waals surface area (Å²) in [5.74, 6) is -1.86. The topological polar surface area (TPSA) is 109 Å². The molecule has 1 fully saturated rings. The molecule has 0 radical (unpaired) electrons. The Bertz CT molecular complexity index is 1420. The second-order valence-electron chi connectivity index (χ2n) is 11.2. The molecule has 2 aromatic rings. The minimum atomic E-state index is -6.32. The number of benzene rings is 2. The molecule has 0 bridgehead atoms. The number of nitrogens with two attached hydrogens (primary N) is 1. The van der Waals surface area contributed by atoms with Gasteiger partial charge in [-0.25, -0.2) is 12.8 Å². The van der Waals surface area contributed by atoms with Crippen molar-refractivity contribution in [1.82, 2.24) is 5.32 Å². The smallest absolute Gasteiger partial charge is 0.399 e. The summed E-state index contributed by atoms with van der Waals surface area (Å²) in [4.78, 5) is 12.1. The highest BCUT2D eigenvalue weighted by atomic mass is 32.2. The van der Waals surface area contributed by atoms with Crippen LogP contribution in [0.2, 0.25) is 0 Å². The van der Waals surface area contributed by atoms with Crippen molar-refractivity contribution in [3.05, 3.63) is 59.2 Å². The quantitative estimate of drug-likeness (QED) is 0.312. The number of halogens is 7. The molecule has 0 unspecified atom stereocenters. The predicted octanol–water partition coefficient (Wildman–Crippen LogP) is 5.09. The van der Waals surface area contributed by atoms with Crippen molar-refractivity contribution in [3.8, 4) is 0 Å². The Balaban J connectivity index is 1.87. The lowest BCUT2D eigenvalue weighted by Crippen LogP contribution is -2.51. The van der Waals surface area contributed by atoms with E-state index in [9.17, 15) is 49.1 Å². The standard InChI is InChI=1S/C27H29F7N2O4S/c1-23(2,38)22(37)36-14-16-11-12-24(41(39,40)19-7-5-18(35)6-8-19)20-10-4-17(13-15(20)3-9-21(16)24)25(28,26(29,30)31)27(32,33)34/h4-8,10,13,16,21,38H,3,9,11-12,14,35H2,1-2H3,(H,36,37)/t16-,21-,24+/m0/s1. The molecular formula is C27H29F7N2O4S. The average molecular weight is 611 g/mol. The maximum Gasteiger partial charge on any atom is 0.435 e. The van der Waals surface area contributed by atoms with Gasteiger partial charge in [-0.1, -0.05) is 18.2 Å². The molecule has 14 heteroatoms. The van der Waals surface area contributed by atoms with E-state index < -0.39 is 61.5 Å². The van der Waals surface area contributed by atoms with Crippen LogP contribution in [-0.4, -0.2) is 43.9 Å². The summed E-state index contributed by atoms with van der Waals surface area (Å²) in [5.41, 5.74) is -3.21. The van der Waals surface area contributed by atoms with E-state index in [1.54, 1.807) is 0 Å². The van der Waals surface area contributed by atoms with Crippen molar-refractivity contribution in [1.29, 1.82) is 0 Å². The molecular weight excluding hydrogens is 581 g/mol. The first-order valence-electron chi connectivity index (χ1n) is 12.7. The van der Waals surface area contributed by atoms with Gasteiger partial charge in [0.25, 0.3) is 5.91 Å². The van der Waals surface area contributed by atoms with Gasteiger partial charge < -0.3 is 16.2 Å². The van der Waals surface area contributed by atoms with Gasteiger partial charge >= 0.3 is 18.0 Å². The zero-order valence-electron chi connectivity index (χ0n) is 22.0. The first-order chi connectivity index (χ1) is 18.7. The monoisotopic (exact) mass is 610 g/mol. The van der Waals surface area contributed by atoms with Crippen LogP contribution in [0.25, 0.3) is 0 Å². The van der Waals surface area contributed by atoms with E-state index in [0.29, 0.717) is 12.1 Å². The lowest BCUT2D eigenvalue weighted by molar-refractivity contribution is -0.348. The van der Waals surface area contributed by atoms with Crippen LogP contribution in [0.1, 0.15) is 49.8 Å². The lowest BCUT2D eigenvalue weighted by atomic mass is 9.72. The van der Waals surface area contributed by atoms with Crippen molar-refractivity contribution in [2.45, 2.75) is 72.8 Å². The average Bonchev–Trinajstić information content (AvgIpc) is 3.25. The molecule has 1 saturated carbocycles. The zero-order valence-corrected chi connectivity index (χ0v) is 22.9. The third kappa shape index (κ3) is 4.86. The number of fused-ring (bicyclic) bond motifs is 3. The number of aliphatic hydroxyl groups is 1. The highest BCUT2D eigenvalue weighted by Crippen LogP contribution is 2.60. The Hall–Kier alpha value is -2.87. The van der Waals surface area contributed by atoms with Crippen molar-refractivity contribution in [2.75, 3.05) is 12.3 Å². The first-order valence-corrected chi connectivity index (χ1v) is 14.2. The van der Waals surface area contributed by atoms with Gasteiger partial charge in [-0.15, -0.1) is 0 Å². The van der Waals surface area contributed by atoms with Crippen LogP contribution in [0.5, 0.6) is 0 Å². The number of nitrogen functional groups attached to an aromatic ring is 1.